The first-order valence-electron chi connectivity index (χ1n) is 9.61. The average Bonchev–Trinajstić information content (AvgIpc) is 3.08. The van der Waals surface area contributed by atoms with E-state index in [-0.39, 0.29) is 5.91 Å². The molecule has 1 saturated heterocycles. The number of nitrogens with zero attached hydrogens (tertiary/aromatic N) is 4. The van der Waals surface area contributed by atoms with Crippen LogP contribution >= 0.6 is 11.8 Å². The summed E-state index contributed by atoms with van der Waals surface area (Å²) in [5.74, 6) is 1.34. The van der Waals surface area contributed by atoms with Gasteiger partial charge >= 0.3 is 0 Å². The lowest BCUT2D eigenvalue weighted by Gasteiger charge is -2.30. The minimum Gasteiger partial charge on any atom is -0.342 e. The standard InChI is InChI=1S/C21H26N4OS/c1-13-7-9-24(10-8-13)18(26)12-27-21-23-22-20-16(4)11-17-14(2)5-6-15(3)19(17)25(20)21/h5-6,11,13H,7-10,12H2,1-4H3. The molecule has 0 saturated carbocycles. The van der Waals surface area contributed by atoms with Crippen molar-refractivity contribution in [2.75, 3.05) is 18.8 Å². The second kappa shape index (κ2) is 7.15. The van der Waals surface area contributed by atoms with Gasteiger partial charge in [-0.1, -0.05) is 30.8 Å². The predicted molar refractivity (Wildman–Crippen MR) is 110 cm³/mol. The topological polar surface area (TPSA) is 50.5 Å². The van der Waals surface area contributed by atoms with Crippen LogP contribution < -0.4 is 0 Å². The van der Waals surface area contributed by atoms with Crippen molar-refractivity contribution in [1.29, 1.82) is 0 Å². The molecule has 0 unspecified atom stereocenters. The van der Waals surface area contributed by atoms with Crippen molar-refractivity contribution in [3.05, 3.63) is 34.9 Å². The zero-order chi connectivity index (χ0) is 19.1. The Hall–Kier alpha value is -2.08. The SMILES string of the molecule is Cc1ccc(C)c2c1cc(C)c1nnc(SCC(=O)N3CCC(C)CC3)n12. The summed E-state index contributed by atoms with van der Waals surface area (Å²) >= 11 is 1.50. The van der Waals surface area contributed by atoms with Gasteiger partial charge in [0.25, 0.3) is 0 Å². The van der Waals surface area contributed by atoms with E-state index in [9.17, 15) is 4.79 Å². The van der Waals surface area contributed by atoms with Crippen molar-refractivity contribution in [3.63, 3.8) is 0 Å². The molecule has 2 aromatic heterocycles. The van der Waals surface area contributed by atoms with Gasteiger partial charge in [-0.2, -0.15) is 0 Å². The highest BCUT2D eigenvalue weighted by molar-refractivity contribution is 7.99. The molecule has 1 aliphatic rings. The maximum absolute atomic E-state index is 12.6. The molecule has 1 fully saturated rings. The van der Waals surface area contributed by atoms with Crippen molar-refractivity contribution in [3.8, 4) is 0 Å². The summed E-state index contributed by atoms with van der Waals surface area (Å²) in [6.45, 7) is 10.3. The van der Waals surface area contributed by atoms with Crippen molar-refractivity contribution in [1.82, 2.24) is 19.5 Å². The molecule has 1 aromatic carbocycles. The summed E-state index contributed by atoms with van der Waals surface area (Å²) in [7, 11) is 0. The van der Waals surface area contributed by atoms with Gasteiger partial charge in [0.05, 0.1) is 11.3 Å². The monoisotopic (exact) mass is 382 g/mol. The van der Waals surface area contributed by atoms with E-state index in [1.54, 1.807) is 0 Å². The largest absolute Gasteiger partial charge is 0.342 e. The Morgan fingerprint density at radius 3 is 2.56 bits per heavy atom. The van der Waals surface area contributed by atoms with Crippen LogP contribution in [0, 0.1) is 26.7 Å². The molecule has 0 N–H and O–H groups in total. The quantitative estimate of drug-likeness (QED) is 0.638. The number of amides is 1. The minimum absolute atomic E-state index is 0.202. The number of aromatic nitrogens is 3. The van der Waals surface area contributed by atoms with Crippen molar-refractivity contribution >= 4 is 34.2 Å². The van der Waals surface area contributed by atoms with Crippen molar-refractivity contribution in [2.24, 2.45) is 5.92 Å². The molecule has 1 aliphatic heterocycles. The third-order valence-corrected chi connectivity index (χ3v) is 6.58. The molecular formula is C21H26N4OS. The van der Waals surface area contributed by atoms with E-state index in [2.05, 4.69) is 60.5 Å². The van der Waals surface area contributed by atoms with Gasteiger partial charge in [-0.05, 0) is 62.3 Å². The average molecular weight is 383 g/mol. The summed E-state index contributed by atoms with van der Waals surface area (Å²) in [5, 5.41) is 10.8. The van der Waals surface area contributed by atoms with Gasteiger partial charge in [0, 0.05) is 18.5 Å². The van der Waals surface area contributed by atoms with Crippen LogP contribution in [0.4, 0.5) is 0 Å². The summed E-state index contributed by atoms with van der Waals surface area (Å²) in [6, 6.07) is 6.48. The first-order chi connectivity index (χ1) is 13.0. The lowest BCUT2D eigenvalue weighted by Crippen LogP contribution is -2.38. The Labute approximate surface area is 164 Å². The Balaban J connectivity index is 1.67. The van der Waals surface area contributed by atoms with Gasteiger partial charge < -0.3 is 4.90 Å². The molecule has 0 aliphatic carbocycles. The summed E-state index contributed by atoms with van der Waals surface area (Å²) < 4.78 is 2.13. The number of hydrogen-bond donors (Lipinski definition) is 0. The van der Waals surface area contributed by atoms with E-state index < -0.39 is 0 Å². The van der Waals surface area contributed by atoms with Crippen LogP contribution in [0.15, 0.2) is 23.4 Å². The van der Waals surface area contributed by atoms with E-state index >= 15 is 0 Å². The summed E-state index contributed by atoms with van der Waals surface area (Å²) in [6.07, 6.45) is 2.21. The molecule has 142 valence electrons. The van der Waals surface area contributed by atoms with Crippen molar-refractivity contribution in [2.45, 2.75) is 45.7 Å². The van der Waals surface area contributed by atoms with E-state index in [1.165, 1.54) is 28.3 Å². The lowest BCUT2D eigenvalue weighted by atomic mass is 9.99. The van der Waals surface area contributed by atoms with Crippen LogP contribution in [0.1, 0.15) is 36.5 Å². The number of benzene rings is 1. The molecule has 3 aromatic rings. The first-order valence-corrected chi connectivity index (χ1v) is 10.6. The predicted octanol–water partition coefficient (Wildman–Crippen LogP) is 4.16. The lowest BCUT2D eigenvalue weighted by molar-refractivity contribution is -0.129. The van der Waals surface area contributed by atoms with Crippen molar-refractivity contribution < 1.29 is 4.79 Å². The van der Waals surface area contributed by atoms with E-state index in [1.807, 2.05) is 4.90 Å². The van der Waals surface area contributed by atoms with Gasteiger partial charge in [0.15, 0.2) is 10.8 Å². The fourth-order valence-electron chi connectivity index (χ4n) is 3.87. The number of piperidine rings is 1. The molecule has 0 radical (unpaired) electrons. The van der Waals surface area contributed by atoms with Gasteiger partial charge in [0.2, 0.25) is 5.91 Å². The zero-order valence-corrected chi connectivity index (χ0v) is 17.3. The maximum atomic E-state index is 12.6. The summed E-state index contributed by atoms with van der Waals surface area (Å²) in [4.78, 5) is 14.6. The van der Waals surface area contributed by atoms with Crippen LogP contribution in [0.5, 0.6) is 0 Å². The summed E-state index contributed by atoms with van der Waals surface area (Å²) in [5.41, 5.74) is 5.55. The highest BCUT2D eigenvalue weighted by Crippen LogP contribution is 2.29. The zero-order valence-electron chi connectivity index (χ0n) is 16.5. The van der Waals surface area contributed by atoms with Gasteiger partial charge in [-0.25, -0.2) is 0 Å². The number of aryl methyl sites for hydroxylation is 3. The van der Waals surface area contributed by atoms with Gasteiger partial charge in [-0.15, -0.1) is 10.2 Å². The fourth-order valence-corrected chi connectivity index (χ4v) is 4.71. The molecular weight excluding hydrogens is 356 g/mol. The van der Waals surface area contributed by atoms with Crippen LogP contribution in [0.2, 0.25) is 0 Å². The number of carbonyl (C=O) groups is 1. The number of likely N-dealkylation sites (tertiary alicyclic amines) is 1. The van der Waals surface area contributed by atoms with Crippen LogP contribution in [0.3, 0.4) is 0 Å². The van der Waals surface area contributed by atoms with E-state index in [4.69, 9.17) is 0 Å². The highest BCUT2D eigenvalue weighted by atomic mass is 32.2. The molecule has 0 atom stereocenters. The Morgan fingerprint density at radius 1 is 1.11 bits per heavy atom. The first kappa shape index (κ1) is 18.3. The second-order valence-electron chi connectivity index (χ2n) is 7.78. The molecule has 0 spiro atoms. The van der Waals surface area contributed by atoms with Gasteiger partial charge in [0.1, 0.15) is 0 Å². The van der Waals surface area contributed by atoms with Gasteiger partial charge in [-0.3, -0.25) is 9.20 Å². The Morgan fingerprint density at radius 2 is 1.81 bits per heavy atom. The molecule has 6 heteroatoms. The number of rotatable bonds is 3. The second-order valence-corrected chi connectivity index (χ2v) is 8.73. The normalized spacial score (nSPS) is 15.8. The van der Waals surface area contributed by atoms with Crippen LogP contribution in [-0.2, 0) is 4.79 Å². The fraction of sp³-hybridized carbons (Fsp3) is 0.476. The smallest absolute Gasteiger partial charge is 0.233 e. The third-order valence-electron chi connectivity index (χ3n) is 5.67. The molecule has 5 nitrogen and oxygen atoms in total. The Kier molecular flexibility index (Phi) is 4.84. The maximum Gasteiger partial charge on any atom is 0.233 e. The molecule has 3 heterocycles. The number of carbonyl (C=O) groups excluding carboxylic acids is 1. The molecule has 4 rings (SSSR count). The van der Waals surface area contributed by atoms with E-state index in [0.29, 0.717) is 5.75 Å². The molecule has 0 bridgehead atoms. The third kappa shape index (κ3) is 3.31. The number of pyridine rings is 1. The van der Waals surface area contributed by atoms with Crippen LogP contribution in [-0.4, -0.2) is 44.2 Å². The minimum atomic E-state index is 0.202. The number of fused-ring (bicyclic) bond motifs is 3. The Bertz CT molecular complexity index is 1020. The molecule has 27 heavy (non-hydrogen) atoms. The number of hydrogen-bond acceptors (Lipinski definition) is 4. The van der Waals surface area contributed by atoms with Crippen LogP contribution in [0.25, 0.3) is 16.6 Å². The molecule has 1 amide bonds. The highest BCUT2D eigenvalue weighted by Gasteiger charge is 2.21. The number of thioether (sulfide) groups is 1. The van der Waals surface area contributed by atoms with E-state index in [0.717, 1.165) is 53.7 Å².